The highest BCUT2D eigenvalue weighted by molar-refractivity contribution is 5.99. The van der Waals surface area contributed by atoms with Crippen molar-refractivity contribution in [3.63, 3.8) is 0 Å². The van der Waals surface area contributed by atoms with Crippen LogP contribution in [0.2, 0.25) is 0 Å². The molecule has 0 fully saturated rings. The fourth-order valence-corrected chi connectivity index (χ4v) is 1.53. The molecule has 2 aromatic rings. The molecule has 4 N–H and O–H groups in total. The lowest BCUT2D eigenvalue weighted by molar-refractivity contribution is 0.0955. The number of aromatic nitrogens is 2. The molecular formula is C12H14N4O. The van der Waals surface area contributed by atoms with E-state index < -0.39 is 0 Å². The standard InChI is InChI=1S/C12H14N4O/c13-11-4-2-1-3-10(11)12(17)15-6-5-9-7-14-8-16-9/h1-4,7-8H,5-6,13H2,(H,14,16)(H,15,17). The zero-order valence-corrected chi connectivity index (χ0v) is 9.31. The van der Waals surface area contributed by atoms with Gasteiger partial charge in [-0.1, -0.05) is 12.1 Å². The molecule has 0 spiro atoms. The average Bonchev–Trinajstić information content (AvgIpc) is 2.82. The van der Waals surface area contributed by atoms with Crippen LogP contribution in [0.3, 0.4) is 0 Å². The third-order valence-electron chi connectivity index (χ3n) is 2.43. The van der Waals surface area contributed by atoms with Gasteiger partial charge in [0.05, 0.1) is 17.6 Å². The molecule has 0 saturated carbocycles. The molecule has 0 unspecified atom stereocenters. The molecule has 1 aromatic carbocycles. The summed E-state index contributed by atoms with van der Waals surface area (Å²) < 4.78 is 0. The molecule has 88 valence electrons. The summed E-state index contributed by atoms with van der Waals surface area (Å²) in [6.07, 6.45) is 4.12. The first-order chi connectivity index (χ1) is 8.27. The Morgan fingerprint density at radius 3 is 2.94 bits per heavy atom. The smallest absolute Gasteiger partial charge is 0.253 e. The SMILES string of the molecule is Nc1ccccc1C(=O)NCCc1c[nH]cn1. The molecule has 5 nitrogen and oxygen atoms in total. The van der Waals surface area contributed by atoms with E-state index in [0.29, 0.717) is 24.2 Å². The van der Waals surface area contributed by atoms with Gasteiger partial charge in [-0.3, -0.25) is 4.79 Å². The van der Waals surface area contributed by atoms with Crippen molar-refractivity contribution < 1.29 is 4.79 Å². The minimum absolute atomic E-state index is 0.154. The summed E-state index contributed by atoms with van der Waals surface area (Å²) >= 11 is 0. The van der Waals surface area contributed by atoms with Crippen LogP contribution in [0.4, 0.5) is 5.69 Å². The number of H-pyrrole nitrogens is 1. The summed E-state index contributed by atoms with van der Waals surface area (Å²) in [4.78, 5) is 18.7. The Bertz CT molecular complexity index is 493. The van der Waals surface area contributed by atoms with Crippen molar-refractivity contribution in [1.29, 1.82) is 0 Å². The van der Waals surface area contributed by atoms with Gasteiger partial charge in [-0.15, -0.1) is 0 Å². The molecule has 1 aromatic heterocycles. The number of aromatic amines is 1. The second kappa shape index (κ2) is 5.16. The molecule has 0 saturated heterocycles. The minimum atomic E-state index is -0.154. The van der Waals surface area contributed by atoms with Crippen LogP contribution in [-0.2, 0) is 6.42 Å². The first-order valence-corrected chi connectivity index (χ1v) is 5.38. The Balaban J connectivity index is 1.88. The summed E-state index contributed by atoms with van der Waals surface area (Å²) in [7, 11) is 0. The normalized spacial score (nSPS) is 10.1. The molecule has 1 amide bonds. The third kappa shape index (κ3) is 2.84. The van der Waals surface area contributed by atoms with Crippen molar-refractivity contribution in [2.24, 2.45) is 0 Å². The summed E-state index contributed by atoms with van der Waals surface area (Å²) in [5.41, 5.74) is 7.63. The first-order valence-electron chi connectivity index (χ1n) is 5.38. The summed E-state index contributed by atoms with van der Waals surface area (Å²) in [6.45, 7) is 0.540. The number of para-hydroxylation sites is 1. The van der Waals surface area contributed by atoms with Gasteiger partial charge in [-0.25, -0.2) is 4.98 Å². The minimum Gasteiger partial charge on any atom is -0.398 e. The Hall–Kier alpha value is -2.30. The largest absolute Gasteiger partial charge is 0.398 e. The molecule has 1 heterocycles. The number of anilines is 1. The van der Waals surface area contributed by atoms with Crippen LogP contribution in [0.1, 0.15) is 16.1 Å². The van der Waals surface area contributed by atoms with Gasteiger partial charge in [-0.05, 0) is 12.1 Å². The maximum Gasteiger partial charge on any atom is 0.253 e. The number of nitrogens with zero attached hydrogens (tertiary/aromatic N) is 1. The summed E-state index contributed by atoms with van der Waals surface area (Å²) in [5, 5.41) is 2.81. The molecule has 17 heavy (non-hydrogen) atoms. The first kappa shape index (κ1) is 11.2. The van der Waals surface area contributed by atoms with Crippen molar-refractivity contribution in [1.82, 2.24) is 15.3 Å². The molecule has 0 aliphatic carbocycles. The highest BCUT2D eigenvalue weighted by atomic mass is 16.1. The van der Waals surface area contributed by atoms with Crippen molar-refractivity contribution in [2.45, 2.75) is 6.42 Å². The van der Waals surface area contributed by atoms with Crippen LogP contribution < -0.4 is 11.1 Å². The van der Waals surface area contributed by atoms with Crippen LogP contribution in [-0.4, -0.2) is 22.4 Å². The van der Waals surface area contributed by atoms with Crippen molar-refractivity contribution in [2.75, 3.05) is 12.3 Å². The number of rotatable bonds is 4. The lowest BCUT2D eigenvalue weighted by atomic mass is 10.1. The molecule has 0 bridgehead atoms. The van der Waals surface area contributed by atoms with Crippen LogP contribution in [0.25, 0.3) is 0 Å². The maximum absolute atomic E-state index is 11.8. The van der Waals surface area contributed by atoms with Gasteiger partial charge >= 0.3 is 0 Å². The van der Waals surface area contributed by atoms with E-state index in [-0.39, 0.29) is 5.91 Å². The maximum atomic E-state index is 11.8. The number of nitrogen functional groups attached to an aromatic ring is 1. The van der Waals surface area contributed by atoms with E-state index >= 15 is 0 Å². The fourth-order valence-electron chi connectivity index (χ4n) is 1.53. The predicted molar refractivity (Wildman–Crippen MR) is 65.5 cm³/mol. The van der Waals surface area contributed by atoms with Crippen LogP contribution in [0.15, 0.2) is 36.8 Å². The Morgan fingerprint density at radius 1 is 1.41 bits per heavy atom. The number of carbonyl (C=O) groups excluding carboxylic acids is 1. The predicted octanol–water partition coefficient (Wildman–Crippen LogP) is 0.964. The Labute approximate surface area is 99.1 Å². The highest BCUT2D eigenvalue weighted by Gasteiger charge is 2.07. The van der Waals surface area contributed by atoms with Crippen LogP contribution >= 0.6 is 0 Å². The Morgan fingerprint density at radius 2 is 2.24 bits per heavy atom. The Kier molecular flexibility index (Phi) is 3.40. The molecule has 2 rings (SSSR count). The fraction of sp³-hybridized carbons (Fsp3) is 0.167. The topological polar surface area (TPSA) is 83.8 Å². The van der Waals surface area contributed by atoms with E-state index in [1.54, 1.807) is 30.6 Å². The van der Waals surface area contributed by atoms with Crippen LogP contribution in [0, 0.1) is 0 Å². The molecule has 5 heteroatoms. The monoisotopic (exact) mass is 230 g/mol. The molecule has 0 aliphatic heterocycles. The van der Waals surface area contributed by atoms with Crippen molar-refractivity contribution in [3.05, 3.63) is 48.0 Å². The number of carbonyl (C=O) groups is 1. The van der Waals surface area contributed by atoms with Gasteiger partial charge in [-0.2, -0.15) is 0 Å². The summed E-state index contributed by atoms with van der Waals surface area (Å²) in [6, 6.07) is 7.01. The van der Waals surface area contributed by atoms with Gasteiger partial charge in [0.2, 0.25) is 0 Å². The average molecular weight is 230 g/mol. The van der Waals surface area contributed by atoms with Gasteiger partial charge in [0, 0.05) is 24.8 Å². The number of nitrogens with one attached hydrogen (secondary N) is 2. The molecular weight excluding hydrogens is 216 g/mol. The quantitative estimate of drug-likeness (QED) is 0.684. The van der Waals surface area contributed by atoms with Gasteiger partial charge in [0.1, 0.15) is 0 Å². The van der Waals surface area contributed by atoms with E-state index in [0.717, 1.165) is 5.69 Å². The number of benzene rings is 1. The zero-order valence-electron chi connectivity index (χ0n) is 9.31. The van der Waals surface area contributed by atoms with E-state index in [1.165, 1.54) is 0 Å². The van der Waals surface area contributed by atoms with E-state index in [4.69, 9.17) is 5.73 Å². The zero-order chi connectivity index (χ0) is 12.1. The van der Waals surface area contributed by atoms with Gasteiger partial charge < -0.3 is 16.0 Å². The number of amides is 1. The lowest BCUT2D eigenvalue weighted by Crippen LogP contribution is -2.26. The van der Waals surface area contributed by atoms with E-state index in [9.17, 15) is 4.79 Å². The summed E-state index contributed by atoms with van der Waals surface area (Å²) in [5.74, 6) is -0.154. The van der Waals surface area contributed by atoms with Gasteiger partial charge in [0.15, 0.2) is 0 Å². The number of hydrogen-bond donors (Lipinski definition) is 3. The number of hydrogen-bond acceptors (Lipinski definition) is 3. The van der Waals surface area contributed by atoms with Gasteiger partial charge in [0.25, 0.3) is 5.91 Å². The van der Waals surface area contributed by atoms with Crippen molar-refractivity contribution >= 4 is 11.6 Å². The van der Waals surface area contributed by atoms with Crippen molar-refractivity contribution in [3.8, 4) is 0 Å². The van der Waals surface area contributed by atoms with E-state index in [2.05, 4.69) is 15.3 Å². The lowest BCUT2D eigenvalue weighted by Gasteiger charge is -2.06. The molecule has 0 aliphatic rings. The highest BCUT2D eigenvalue weighted by Crippen LogP contribution is 2.09. The molecule has 0 atom stereocenters. The molecule has 0 radical (unpaired) electrons. The number of nitrogens with two attached hydrogens (primary N) is 1. The van der Waals surface area contributed by atoms with E-state index in [1.807, 2.05) is 6.20 Å². The second-order valence-electron chi connectivity index (χ2n) is 3.65. The third-order valence-corrected chi connectivity index (χ3v) is 2.43. The second-order valence-corrected chi connectivity index (χ2v) is 3.65. The number of imidazole rings is 1. The van der Waals surface area contributed by atoms with Crippen LogP contribution in [0.5, 0.6) is 0 Å².